The fraction of sp³-hybridized carbons (Fsp3) is 0.947. The van der Waals surface area contributed by atoms with Crippen molar-refractivity contribution in [2.45, 2.75) is 71.4 Å². The van der Waals surface area contributed by atoms with Crippen LogP contribution >= 0.6 is 0 Å². The van der Waals surface area contributed by atoms with Gasteiger partial charge in [-0.25, -0.2) is 0 Å². The predicted octanol–water partition coefficient (Wildman–Crippen LogP) is 2.54. The van der Waals surface area contributed by atoms with Gasteiger partial charge in [-0.2, -0.15) is 0 Å². The van der Waals surface area contributed by atoms with Crippen molar-refractivity contribution >= 4 is 5.96 Å². The summed E-state index contributed by atoms with van der Waals surface area (Å²) in [6.45, 7) is 12.5. The molecule has 0 aromatic rings. The van der Waals surface area contributed by atoms with E-state index in [4.69, 9.17) is 0 Å². The number of hydrogen-bond donors (Lipinski definition) is 2. The fourth-order valence-electron chi connectivity index (χ4n) is 3.15. The van der Waals surface area contributed by atoms with Crippen LogP contribution in [0.15, 0.2) is 4.99 Å². The van der Waals surface area contributed by atoms with Crippen molar-refractivity contribution in [3.05, 3.63) is 0 Å². The Bertz CT molecular complexity index is 343. The van der Waals surface area contributed by atoms with Gasteiger partial charge < -0.3 is 20.4 Å². The summed E-state index contributed by atoms with van der Waals surface area (Å²) in [6.07, 6.45) is 7.73. The van der Waals surface area contributed by atoms with Crippen molar-refractivity contribution in [2.24, 2.45) is 4.99 Å². The summed E-state index contributed by atoms with van der Waals surface area (Å²) in [5, 5.41) is 6.87. The Labute approximate surface area is 150 Å². The van der Waals surface area contributed by atoms with E-state index in [2.05, 4.69) is 53.2 Å². The summed E-state index contributed by atoms with van der Waals surface area (Å²) in [4.78, 5) is 9.35. The molecule has 1 fully saturated rings. The summed E-state index contributed by atoms with van der Waals surface area (Å²) in [6, 6.07) is 1.40. The maximum absolute atomic E-state index is 4.32. The molecule has 24 heavy (non-hydrogen) atoms. The first kappa shape index (κ1) is 21.2. The molecule has 1 aliphatic heterocycles. The van der Waals surface area contributed by atoms with Gasteiger partial charge in [0, 0.05) is 38.8 Å². The van der Waals surface area contributed by atoms with Crippen molar-refractivity contribution < 1.29 is 0 Å². The second-order valence-electron chi connectivity index (χ2n) is 7.44. The molecule has 0 bridgehead atoms. The zero-order valence-corrected chi connectivity index (χ0v) is 16.8. The molecule has 0 spiro atoms. The zero-order valence-electron chi connectivity index (χ0n) is 16.8. The summed E-state index contributed by atoms with van der Waals surface area (Å²) >= 11 is 0. The first-order valence-corrected chi connectivity index (χ1v) is 9.93. The highest BCUT2D eigenvalue weighted by Gasteiger charge is 2.17. The second-order valence-corrected chi connectivity index (χ2v) is 7.44. The van der Waals surface area contributed by atoms with Gasteiger partial charge in [-0.3, -0.25) is 4.99 Å². The lowest BCUT2D eigenvalue weighted by Crippen LogP contribution is -2.41. The van der Waals surface area contributed by atoms with Crippen LogP contribution in [-0.4, -0.2) is 74.7 Å². The molecule has 0 aromatic carbocycles. The molecular weight excluding hydrogens is 298 g/mol. The minimum atomic E-state index is 0.634. The first-order valence-electron chi connectivity index (χ1n) is 9.93. The Morgan fingerprint density at radius 3 is 2.50 bits per heavy atom. The van der Waals surface area contributed by atoms with E-state index in [9.17, 15) is 0 Å². The number of nitrogens with zero attached hydrogens (tertiary/aromatic N) is 3. The largest absolute Gasteiger partial charge is 0.356 e. The number of unbranched alkanes of at least 4 members (excludes halogenated alkanes) is 1. The van der Waals surface area contributed by atoms with E-state index in [0.717, 1.165) is 25.1 Å². The number of rotatable bonds is 10. The Kier molecular flexibility index (Phi) is 11.1. The second kappa shape index (κ2) is 12.5. The van der Waals surface area contributed by atoms with Gasteiger partial charge in [0.2, 0.25) is 0 Å². The van der Waals surface area contributed by atoms with Crippen LogP contribution in [0, 0.1) is 0 Å². The lowest BCUT2D eigenvalue weighted by Gasteiger charge is -2.33. The Morgan fingerprint density at radius 1 is 1.17 bits per heavy atom. The molecule has 1 saturated heterocycles. The number of nitrogens with one attached hydrogen (secondary N) is 2. The predicted molar refractivity (Wildman–Crippen MR) is 106 cm³/mol. The highest BCUT2D eigenvalue weighted by molar-refractivity contribution is 5.79. The van der Waals surface area contributed by atoms with Crippen LogP contribution in [0.4, 0.5) is 0 Å². The molecule has 5 nitrogen and oxygen atoms in total. The van der Waals surface area contributed by atoms with E-state index in [1.807, 2.05) is 7.05 Å². The highest BCUT2D eigenvalue weighted by atomic mass is 15.2. The molecule has 0 aliphatic carbocycles. The fourth-order valence-corrected chi connectivity index (χ4v) is 3.15. The molecule has 1 atom stereocenters. The SMILES string of the molecule is CN=C(NCCCCN(C)C(C)C)NCCCN1CCCCC1C. The van der Waals surface area contributed by atoms with Crippen molar-refractivity contribution in [1.29, 1.82) is 0 Å². The topological polar surface area (TPSA) is 42.9 Å². The number of guanidine groups is 1. The Morgan fingerprint density at radius 2 is 1.88 bits per heavy atom. The molecule has 1 unspecified atom stereocenters. The van der Waals surface area contributed by atoms with Crippen LogP contribution in [0.2, 0.25) is 0 Å². The van der Waals surface area contributed by atoms with Crippen LogP contribution in [0.5, 0.6) is 0 Å². The molecular formula is C19H41N5. The van der Waals surface area contributed by atoms with Crippen molar-refractivity contribution in [3.63, 3.8) is 0 Å². The van der Waals surface area contributed by atoms with Crippen molar-refractivity contribution in [2.75, 3.05) is 46.8 Å². The van der Waals surface area contributed by atoms with E-state index in [1.165, 1.54) is 58.2 Å². The molecule has 0 amide bonds. The maximum Gasteiger partial charge on any atom is 0.190 e. The van der Waals surface area contributed by atoms with Gasteiger partial charge >= 0.3 is 0 Å². The first-order chi connectivity index (χ1) is 11.5. The van der Waals surface area contributed by atoms with E-state index in [1.54, 1.807) is 0 Å². The van der Waals surface area contributed by atoms with Gasteiger partial charge in [0.1, 0.15) is 0 Å². The number of piperidine rings is 1. The quantitative estimate of drug-likeness (QED) is 0.365. The average molecular weight is 340 g/mol. The van der Waals surface area contributed by atoms with Crippen LogP contribution in [0.25, 0.3) is 0 Å². The smallest absolute Gasteiger partial charge is 0.190 e. The molecule has 0 saturated carbocycles. The number of hydrogen-bond acceptors (Lipinski definition) is 3. The molecule has 1 aliphatic rings. The van der Waals surface area contributed by atoms with Crippen LogP contribution in [-0.2, 0) is 0 Å². The summed E-state index contributed by atoms with van der Waals surface area (Å²) in [7, 11) is 4.05. The van der Waals surface area contributed by atoms with E-state index >= 15 is 0 Å². The third kappa shape index (κ3) is 8.88. The zero-order chi connectivity index (χ0) is 17.8. The monoisotopic (exact) mass is 339 g/mol. The van der Waals surface area contributed by atoms with Gasteiger partial charge in [0.05, 0.1) is 0 Å². The van der Waals surface area contributed by atoms with Gasteiger partial charge in [-0.15, -0.1) is 0 Å². The minimum absolute atomic E-state index is 0.634. The number of likely N-dealkylation sites (tertiary alicyclic amines) is 1. The van der Waals surface area contributed by atoms with Crippen LogP contribution < -0.4 is 10.6 Å². The summed E-state index contributed by atoms with van der Waals surface area (Å²) in [5.41, 5.74) is 0. The Hall–Kier alpha value is -0.810. The van der Waals surface area contributed by atoms with E-state index < -0.39 is 0 Å². The highest BCUT2D eigenvalue weighted by Crippen LogP contribution is 2.15. The Balaban J connectivity index is 2.04. The molecule has 1 heterocycles. The molecule has 0 aromatic heterocycles. The van der Waals surface area contributed by atoms with Gasteiger partial charge in [0.25, 0.3) is 0 Å². The van der Waals surface area contributed by atoms with Crippen LogP contribution in [0.1, 0.15) is 59.3 Å². The standard InChI is InChI=1S/C19H41N5/c1-17(2)23(5)14-9-7-12-21-19(20-4)22-13-10-16-24-15-8-6-11-18(24)3/h17-18H,6-16H2,1-5H3,(H2,20,21,22). The molecule has 0 radical (unpaired) electrons. The van der Waals surface area contributed by atoms with E-state index in [0.29, 0.717) is 6.04 Å². The van der Waals surface area contributed by atoms with Crippen LogP contribution in [0.3, 0.4) is 0 Å². The van der Waals surface area contributed by atoms with Crippen molar-refractivity contribution in [3.8, 4) is 0 Å². The third-order valence-electron chi connectivity index (χ3n) is 5.19. The lowest BCUT2D eigenvalue weighted by molar-refractivity contribution is 0.159. The normalized spacial score (nSPS) is 20.0. The van der Waals surface area contributed by atoms with Gasteiger partial charge in [-0.05, 0) is 73.0 Å². The molecule has 142 valence electrons. The molecule has 2 N–H and O–H groups in total. The number of aliphatic imine (C=N–C) groups is 1. The van der Waals surface area contributed by atoms with E-state index in [-0.39, 0.29) is 0 Å². The average Bonchev–Trinajstić information content (AvgIpc) is 2.57. The van der Waals surface area contributed by atoms with Gasteiger partial charge in [0.15, 0.2) is 5.96 Å². The third-order valence-corrected chi connectivity index (χ3v) is 5.19. The molecule has 1 rings (SSSR count). The lowest BCUT2D eigenvalue weighted by atomic mass is 10.0. The maximum atomic E-state index is 4.32. The molecule has 5 heteroatoms. The minimum Gasteiger partial charge on any atom is -0.356 e. The van der Waals surface area contributed by atoms with Crippen molar-refractivity contribution in [1.82, 2.24) is 20.4 Å². The van der Waals surface area contributed by atoms with Gasteiger partial charge in [-0.1, -0.05) is 6.42 Å². The summed E-state index contributed by atoms with van der Waals surface area (Å²) in [5.74, 6) is 0.943. The summed E-state index contributed by atoms with van der Waals surface area (Å²) < 4.78 is 0.